The highest BCUT2D eigenvalue weighted by molar-refractivity contribution is 5.86. The van der Waals surface area contributed by atoms with Crippen LogP contribution in [0.25, 0.3) is 11.5 Å². The highest BCUT2D eigenvalue weighted by Crippen LogP contribution is 2.20. The van der Waals surface area contributed by atoms with Crippen LogP contribution in [0.3, 0.4) is 0 Å². The van der Waals surface area contributed by atoms with Crippen LogP contribution < -0.4 is 0 Å². The summed E-state index contributed by atoms with van der Waals surface area (Å²) in [5.74, 6) is -0.709. The fourth-order valence-corrected chi connectivity index (χ4v) is 1.34. The quantitative estimate of drug-likeness (QED) is 0.796. The Morgan fingerprint density at radius 1 is 1.53 bits per heavy atom. The van der Waals surface area contributed by atoms with E-state index < -0.39 is 5.97 Å². The summed E-state index contributed by atoms with van der Waals surface area (Å²) in [6.45, 7) is 1.85. The van der Waals surface area contributed by atoms with Gasteiger partial charge in [0.2, 0.25) is 0 Å². The van der Waals surface area contributed by atoms with Gasteiger partial charge in [-0.05, 0) is 13.0 Å². The van der Waals surface area contributed by atoms with Crippen molar-refractivity contribution in [2.24, 2.45) is 7.05 Å². The number of carboxylic acids is 1. The molecule has 0 spiro atoms. The van der Waals surface area contributed by atoms with Gasteiger partial charge in [-0.25, -0.2) is 4.79 Å². The van der Waals surface area contributed by atoms with Crippen molar-refractivity contribution >= 4 is 5.97 Å². The van der Waals surface area contributed by atoms with Crippen molar-refractivity contribution in [1.82, 2.24) is 14.9 Å². The Balaban J connectivity index is 2.45. The Bertz CT molecular complexity index is 512. The zero-order chi connectivity index (χ0) is 11.0. The Morgan fingerprint density at radius 2 is 2.27 bits per heavy atom. The number of carbonyl (C=O) groups is 1. The minimum absolute atomic E-state index is 0.108. The maximum atomic E-state index is 10.6. The third-order valence-electron chi connectivity index (χ3n) is 1.98. The van der Waals surface area contributed by atoms with E-state index >= 15 is 0 Å². The van der Waals surface area contributed by atoms with Crippen LogP contribution >= 0.6 is 0 Å². The lowest BCUT2D eigenvalue weighted by Gasteiger charge is -1.93. The molecule has 2 heterocycles. The van der Waals surface area contributed by atoms with E-state index in [0.717, 1.165) is 5.69 Å². The van der Waals surface area contributed by atoms with Crippen molar-refractivity contribution in [3.05, 3.63) is 23.5 Å². The van der Waals surface area contributed by atoms with Crippen LogP contribution in [0, 0.1) is 6.92 Å². The molecule has 0 atom stereocenters. The zero-order valence-electron chi connectivity index (χ0n) is 8.26. The van der Waals surface area contributed by atoms with Gasteiger partial charge in [0, 0.05) is 13.1 Å². The first-order chi connectivity index (χ1) is 7.08. The normalized spacial score (nSPS) is 10.5. The molecule has 0 bridgehead atoms. The second-order valence-corrected chi connectivity index (χ2v) is 3.18. The van der Waals surface area contributed by atoms with E-state index in [0.29, 0.717) is 11.5 Å². The highest BCUT2D eigenvalue weighted by Gasteiger charge is 2.14. The van der Waals surface area contributed by atoms with Crippen LogP contribution in [-0.2, 0) is 7.05 Å². The molecule has 0 fully saturated rings. The van der Waals surface area contributed by atoms with E-state index in [1.165, 1.54) is 6.07 Å². The standard InChI is InChI=1S/C9H9N3O3/c1-5-3-7(12(2)10-5)8-4-6(9(13)14)11-15-8/h3-4H,1-2H3,(H,13,14). The molecule has 0 unspecified atom stereocenters. The van der Waals surface area contributed by atoms with Crippen LogP contribution in [-0.4, -0.2) is 26.0 Å². The summed E-state index contributed by atoms with van der Waals surface area (Å²) in [6.07, 6.45) is 0. The van der Waals surface area contributed by atoms with Gasteiger partial charge in [0.05, 0.1) is 5.69 Å². The molecule has 0 saturated heterocycles. The van der Waals surface area contributed by atoms with Gasteiger partial charge in [-0.1, -0.05) is 5.16 Å². The van der Waals surface area contributed by atoms with Crippen LogP contribution in [0.2, 0.25) is 0 Å². The second-order valence-electron chi connectivity index (χ2n) is 3.18. The molecule has 15 heavy (non-hydrogen) atoms. The summed E-state index contributed by atoms with van der Waals surface area (Å²) < 4.78 is 6.53. The second kappa shape index (κ2) is 3.23. The number of aromatic nitrogens is 3. The summed E-state index contributed by atoms with van der Waals surface area (Å²) in [5.41, 5.74) is 1.43. The largest absolute Gasteiger partial charge is 0.476 e. The van der Waals surface area contributed by atoms with Crippen molar-refractivity contribution < 1.29 is 14.4 Å². The number of carboxylic acid groups (broad SMARTS) is 1. The monoisotopic (exact) mass is 207 g/mol. The summed E-state index contributed by atoms with van der Waals surface area (Å²) in [7, 11) is 1.76. The molecule has 78 valence electrons. The number of rotatable bonds is 2. The third kappa shape index (κ3) is 1.61. The number of hydrogen-bond acceptors (Lipinski definition) is 4. The molecular weight excluding hydrogens is 198 g/mol. The predicted octanol–water partition coefficient (Wildman–Crippen LogP) is 1.08. The van der Waals surface area contributed by atoms with Gasteiger partial charge >= 0.3 is 5.97 Å². The fourth-order valence-electron chi connectivity index (χ4n) is 1.34. The van der Waals surface area contributed by atoms with Crippen molar-refractivity contribution in [1.29, 1.82) is 0 Å². The van der Waals surface area contributed by atoms with Gasteiger partial charge in [0.1, 0.15) is 5.69 Å². The van der Waals surface area contributed by atoms with Gasteiger partial charge in [-0.15, -0.1) is 0 Å². The first-order valence-corrected chi connectivity index (χ1v) is 4.29. The molecule has 0 aromatic carbocycles. The summed E-state index contributed by atoms with van der Waals surface area (Å²) in [6, 6.07) is 3.17. The maximum absolute atomic E-state index is 10.6. The average Bonchev–Trinajstić information content (AvgIpc) is 2.71. The molecule has 0 saturated carbocycles. The summed E-state index contributed by atoms with van der Waals surface area (Å²) in [5, 5.41) is 16.2. The summed E-state index contributed by atoms with van der Waals surface area (Å²) in [4.78, 5) is 10.6. The molecule has 2 rings (SSSR count). The number of hydrogen-bond donors (Lipinski definition) is 1. The van der Waals surface area contributed by atoms with Gasteiger partial charge < -0.3 is 9.63 Å². The van der Waals surface area contributed by atoms with Gasteiger partial charge in [-0.3, -0.25) is 4.68 Å². The lowest BCUT2D eigenvalue weighted by molar-refractivity contribution is 0.0686. The first-order valence-electron chi connectivity index (χ1n) is 4.29. The van der Waals surface area contributed by atoms with E-state index in [-0.39, 0.29) is 5.69 Å². The number of aryl methyl sites for hydroxylation is 2. The molecule has 6 nitrogen and oxygen atoms in total. The summed E-state index contributed by atoms with van der Waals surface area (Å²) >= 11 is 0. The molecule has 0 aliphatic rings. The molecule has 0 amide bonds. The molecule has 2 aromatic rings. The fraction of sp³-hybridized carbons (Fsp3) is 0.222. The molecule has 0 aliphatic carbocycles. The first kappa shape index (κ1) is 9.45. The lowest BCUT2D eigenvalue weighted by atomic mass is 10.3. The maximum Gasteiger partial charge on any atom is 0.358 e. The smallest absolute Gasteiger partial charge is 0.358 e. The minimum Gasteiger partial charge on any atom is -0.476 e. The molecule has 6 heteroatoms. The molecular formula is C9H9N3O3. The van der Waals surface area contributed by atoms with Crippen LogP contribution in [0.4, 0.5) is 0 Å². The molecule has 2 aromatic heterocycles. The van der Waals surface area contributed by atoms with Crippen LogP contribution in [0.1, 0.15) is 16.2 Å². The van der Waals surface area contributed by atoms with E-state index in [1.807, 2.05) is 6.92 Å². The molecule has 1 N–H and O–H groups in total. The molecule has 0 radical (unpaired) electrons. The lowest BCUT2D eigenvalue weighted by Crippen LogP contribution is -1.95. The zero-order valence-corrected chi connectivity index (χ0v) is 8.26. The van der Waals surface area contributed by atoms with Crippen molar-refractivity contribution in [2.75, 3.05) is 0 Å². The van der Waals surface area contributed by atoms with Gasteiger partial charge in [-0.2, -0.15) is 5.10 Å². The van der Waals surface area contributed by atoms with E-state index in [1.54, 1.807) is 17.8 Å². The Hall–Kier alpha value is -2.11. The SMILES string of the molecule is Cc1cc(-c2cc(C(=O)O)no2)n(C)n1. The van der Waals surface area contributed by atoms with Crippen LogP contribution in [0.5, 0.6) is 0 Å². The topological polar surface area (TPSA) is 81.1 Å². The van der Waals surface area contributed by atoms with Crippen molar-refractivity contribution in [3.63, 3.8) is 0 Å². The van der Waals surface area contributed by atoms with E-state index in [9.17, 15) is 4.79 Å². The Kier molecular flexibility index (Phi) is 2.03. The minimum atomic E-state index is -1.11. The number of aromatic carboxylic acids is 1. The Morgan fingerprint density at radius 3 is 2.73 bits per heavy atom. The van der Waals surface area contributed by atoms with Gasteiger partial charge in [0.25, 0.3) is 0 Å². The van der Waals surface area contributed by atoms with Crippen molar-refractivity contribution in [2.45, 2.75) is 6.92 Å². The van der Waals surface area contributed by atoms with Crippen LogP contribution in [0.15, 0.2) is 16.7 Å². The Labute approximate surface area is 85.1 Å². The number of nitrogens with zero attached hydrogens (tertiary/aromatic N) is 3. The average molecular weight is 207 g/mol. The third-order valence-corrected chi connectivity index (χ3v) is 1.98. The van der Waals surface area contributed by atoms with E-state index in [4.69, 9.17) is 9.63 Å². The highest BCUT2D eigenvalue weighted by atomic mass is 16.5. The predicted molar refractivity (Wildman–Crippen MR) is 50.4 cm³/mol. The van der Waals surface area contributed by atoms with E-state index in [2.05, 4.69) is 10.3 Å². The van der Waals surface area contributed by atoms with Crippen molar-refractivity contribution in [3.8, 4) is 11.5 Å². The molecule has 0 aliphatic heterocycles. The van der Waals surface area contributed by atoms with Gasteiger partial charge in [0.15, 0.2) is 11.5 Å².